The highest BCUT2D eigenvalue weighted by Crippen LogP contribution is 2.17. The van der Waals surface area contributed by atoms with Crippen LogP contribution in [0.15, 0.2) is 11.1 Å². The molecular formula is C11H12N6O2. The van der Waals surface area contributed by atoms with E-state index in [1.165, 1.54) is 6.33 Å². The van der Waals surface area contributed by atoms with Crippen LogP contribution in [0.2, 0.25) is 0 Å². The van der Waals surface area contributed by atoms with Crippen LogP contribution in [0.1, 0.15) is 18.0 Å². The molecule has 0 radical (unpaired) electrons. The van der Waals surface area contributed by atoms with E-state index in [1.54, 1.807) is 0 Å². The molecule has 2 heterocycles. The summed E-state index contributed by atoms with van der Waals surface area (Å²) < 4.78 is 0. The lowest BCUT2D eigenvalue weighted by atomic mass is 10.0. The molecule has 2 rings (SSSR count). The van der Waals surface area contributed by atoms with Gasteiger partial charge in [-0.2, -0.15) is 0 Å². The molecule has 98 valence electrons. The van der Waals surface area contributed by atoms with E-state index < -0.39 is 11.5 Å². The van der Waals surface area contributed by atoms with Gasteiger partial charge in [-0.1, -0.05) is 0 Å². The fraction of sp³-hybridized carbons (Fsp3) is 0.273. The van der Waals surface area contributed by atoms with Crippen LogP contribution in [0.25, 0.3) is 11.2 Å². The lowest BCUT2D eigenvalue weighted by Gasteiger charge is -2.11. The minimum Gasteiger partial charge on any atom is -0.382 e. The number of nitrogens with zero attached hydrogens (tertiary/aromatic N) is 3. The van der Waals surface area contributed by atoms with Crippen molar-refractivity contribution < 1.29 is 4.84 Å². The Kier molecular flexibility index (Phi) is 3.70. The van der Waals surface area contributed by atoms with Gasteiger partial charge in [0.15, 0.2) is 11.5 Å². The molecular weight excluding hydrogens is 248 g/mol. The van der Waals surface area contributed by atoms with E-state index in [9.17, 15) is 4.79 Å². The summed E-state index contributed by atoms with van der Waals surface area (Å²) >= 11 is 0. The SMILES string of the molecule is C#CCC(CON)c1nc2c(N)ncnc2[nH]c1=O. The van der Waals surface area contributed by atoms with Gasteiger partial charge in [-0.25, -0.2) is 20.8 Å². The number of aromatic nitrogens is 4. The van der Waals surface area contributed by atoms with Crippen molar-refractivity contribution in [2.24, 2.45) is 5.90 Å². The normalized spacial score (nSPS) is 12.2. The minimum absolute atomic E-state index is 0.0827. The first-order valence-electron chi connectivity index (χ1n) is 5.43. The highest BCUT2D eigenvalue weighted by molar-refractivity contribution is 5.80. The number of nitrogens with one attached hydrogen (secondary N) is 1. The smallest absolute Gasteiger partial charge is 0.271 e. The van der Waals surface area contributed by atoms with Crippen LogP contribution < -0.4 is 17.2 Å². The first kappa shape index (κ1) is 12.9. The Morgan fingerprint density at radius 3 is 3.00 bits per heavy atom. The van der Waals surface area contributed by atoms with Crippen molar-refractivity contribution in [2.45, 2.75) is 12.3 Å². The molecule has 0 saturated heterocycles. The van der Waals surface area contributed by atoms with Crippen LogP contribution in [0, 0.1) is 12.3 Å². The van der Waals surface area contributed by atoms with Crippen LogP contribution in [0.3, 0.4) is 0 Å². The second-order valence-electron chi connectivity index (χ2n) is 3.85. The maximum atomic E-state index is 12.0. The Hall–Kier alpha value is -2.50. The number of H-pyrrole nitrogens is 1. The van der Waals surface area contributed by atoms with Crippen molar-refractivity contribution in [2.75, 3.05) is 12.3 Å². The number of aromatic amines is 1. The van der Waals surface area contributed by atoms with E-state index in [4.69, 9.17) is 18.1 Å². The maximum absolute atomic E-state index is 12.0. The Morgan fingerprint density at radius 2 is 2.32 bits per heavy atom. The third-order valence-corrected chi connectivity index (χ3v) is 2.60. The maximum Gasteiger partial charge on any atom is 0.271 e. The van der Waals surface area contributed by atoms with E-state index in [1.807, 2.05) is 0 Å². The Labute approximate surface area is 108 Å². The average Bonchev–Trinajstić information content (AvgIpc) is 2.38. The van der Waals surface area contributed by atoms with Crippen molar-refractivity contribution in [3.63, 3.8) is 0 Å². The van der Waals surface area contributed by atoms with Crippen LogP contribution >= 0.6 is 0 Å². The standard InChI is InChI=1S/C11H12N6O2/c1-2-3-6(4-19-13)7-11(18)17-10-8(16-7)9(12)14-5-15-10/h1,5-6H,3-4,13H2,(H3,12,14,15,17,18). The Bertz CT molecular complexity index is 690. The molecule has 8 heteroatoms. The summed E-state index contributed by atoms with van der Waals surface area (Å²) in [5, 5.41) is 0. The van der Waals surface area contributed by atoms with Crippen molar-refractivity contribution in [1.29, 1.82) is 0 Å². The number of anilines is 1. The highest BCUT2D eigenvalue weighted by Gasteiger charge is 2.18. The lowest BCUT2D eigenvalue weighted by Crippen LogP contribution is -2.23. The topological polar surface area (TPSA) is 133 Å². The van der Waals surface area contributed by atoms with Gasteiger partial charge in [0.2, 0.25) is 0 Å². The van der Waals surface area contributed by atoms with Gasteiger partial charge in [0.25, 0.3) is 5.56 Å². The molecule has 19 heavy (non-hydrogen) atoms. The Balaban J connectivity index is 2.59. The molecule has 0 aliphatic heterocycles. The molecule has 0 aliphatic rings. The number of fused-ring (bicyclic) bond motifs is 1. The number of hydrogen-bond acceptors (Lipinski definition) is 7. The van der Waals surface area contributed by atoms with Crippen LogP contribution in [-0.2, 0) is 4.84 Å². The van der Waals surface area contributed by atoms with Gasteiger partial charge in [0, 0.05) is 12.3 Å². The zero-order valence-electron chi connectivity index (χ0n) is 9.96. The largest absolute Gasteiger partial charge is 0.382 e. The zero-order valence-corrected chi connectivity index (χ0v) is 9.96. The van der Waals surface area contributed by atoms with Crippen LogP contribution in [0.5, 0.6) is 0 Å². The van der Waals surface area contributed by atoms with E-state index in [2.05, 4.69) is 30.7 Å². The summed E-state index contributed by atoms with van der Waals surface area (Å²) in [7, 11) is 0. The van der Waals surface area contributed by atoms with E-state index in [0.717, 1.165) is 0 Å². The third kappa shape index (κ3) is 2.52. The number of nitrogen functional groups attached to an aromatic ring is 1. The highest BCUT2D eigenvalue weighted by atomic mass is 16.6. The monoisotopic (exact) mass is 260 g/mol. The van der Waals surface area contributed by atoms with Gasteiger partial charge in [0.1, 0.15) is 17.5 Å². The summed E-state index contributed by atoms with van der Waals surface area (Å²) in [4.78, 5) is 31.0. The van der Waals surface area contributed by atoms with Gasteiger partial charge in [-0.05, 0) is 0 Å². The number of hydrogen-bond donors (Lipinski definition) is 3. The van der Waals surface area contributed by atoms with E-state index in [0.29, 0.717) is 5.52 Å². The van der Waals surface area contributed by atoms with Gasteiger partial charge in [-0.3, -0.25) is 4.79 Å². The predicted octanol–water partition coefficient (Wildman–Crippen LogP) is -0.708. The first-order chi connectivity index (χ1) is 9.17. The molecule has 8 nitrogen and oxygen atoms in total. The van der Waals surface area contributed by atoms with E-state index in [-0.39, 0.29) is 30.2 Å². The molecule has 0 fully saturated rings. The second kappa shape index (κ2) is 5.43. The fourth-order valence-corrected chi connectivity index (χ4v) is 1.71. The summed E-state index contributed by atoms with van der Waals surface area (Å²) in [6, 6.07) is 0. The first-order valence-corrected chi connectivity index (χ1v) is 5.43. The summed E-state index contributed by atoms with van der Waals surface area (Å²) in [6.07, 6.45) is 6.77. The molecule has 0 aliphatic carbocycles. The van der Waals surface area contributed by atoms with Crippen molar-refractivity contribution in [3.05, 3.63) is 22.4 Å². The molecule has 1 unspecified atom stereocenters. The molecule has 0 amide bonds. The molecule has 1 atom stereocenters. The molecule has 2 aromatic rings. The lowest BCUT2D eigenvalue weighted by molar-refractivity contribution is 0.122. The fourth-order valence-electron chi connectivity index (χ4n) is 1.71. The molecule has 0 aromatic carbocycles. The minimum atomic E-state index is -0.414. The molecule has 0 bridgehead atoms. The second-order valence-corrected chi connectivity index (χ2v) is 3.85. The third-order valence-electron chi connectivity index (χ3n) is 2.60. The Morgan fingerprint density at radius 1 is 1.53 bits per heavy atom. The van der Waals surface area contributed by atoms with Crippen LogP contribution in [-0.4, -0.2) is 26.5 Å². The van der Waals surface area contributed by atoms with Gasteiger partial charge >= 0.3 is 0 Å². The number of nitrogens with two attached hydrogens (primary N) is 2. The summed E-state index contributed by atoms with van der Waals surface area (Å²) in [6.45, 7) is 0.0827. The predicted molar refractivity (Wildman–Crippen MR) is 68.7 cm³/mol. The number of terminal acetylenes is 1. The molecule has 0 spiro atoms. The molecule has 0 saturated carbocycles. The zero-order chi connectivity index (χ0) is 13.8. The van der Waals surface area contributed by atoms with Crippen molar-refractivity contribution in [3.8, 4) is 12.3 Å². The molecule has 5 N–H and O–H groups in total. The van der Waals surface area contributed by atoms with Crippen LogP contribution in [0.4, 0.5) is 5.82 Å². The number of rotatable bonds is 4. The van der Waals surface area contributed by atoms with Crippen molar-refractivity contribution in [1.82, 2.24) is 19.9 Å². The van der Waals surface area contributed by atoms with Crippen molar-refractivity contribution >= 4 is 17.0 Å². The average molecular weight is 260 g/mol. The molecule has 2 aromatic heterocycles. The van der Waals surface area contributed by atoms with Gasteiger partial charge < -0.3 is 15.6 Å². The summed E-state index contributed by atoms with van der Waals surface area (Å²) in [5.74, 6) is 7.24. The van der Waals surface area contributed by atoms with Gasteiger partial charge in [-0.15, -0.1) is 12.3 Å². The quantitative estimate of drug-likeness (QED) is 0.488. The summed E-state index contributed by atoms with van der Waals surface area (Å²) in [5.41, 5.74) is 6.09. The van der Waals surface area contributed by atoms with E-state index >= 15 is 0 Å². The van der Waals surface area contributed by atoms with Gasteiger partial charge in [0.05, 0.1) is 6.61 Å².